The molecule has 1 aliphatic heterocycles. The zero-order chi connectivity index (χ0) is 13.7. The maximum Gasteiger partial charge on any atom is 0.303 e. The summed E-state index contributed by atoms with van der Waals surface area (Å²) < 4.78 is 5.53. The minimum atomic E-state index is -0.676. The van der Waals surface area contributed by atoms with E-state index in [1.165, 1.54) is 0 Å². The number of hydrogen-bond donors (Lipinski definition) is 1. The van der Waals surface area contributed by atoms with Crippen molar-refractivity contribution in [1.29, 1.82) is 0 Å². The number of hydrogen-bond acceptors (Lipinski definition) is 3. The van der Waals surface area contributed by atoms with Gasteiger partial charge < -0.3 is 9.52 Å². The molecule has 1 unspecified atom stereocenters. The van der Waals surface area contributed by atoms with Crippen LogP contribution in [0.3, 0.4) is 0 Å². The van der Waals surface area contributed by atoms with Crippen LogP contribution in [0.4, 0.5) is 0 Å². The van der Waals surface area contributed by atoms with Gasteiger partial charge in [-0.15, -0.1) is 0 Å². The molecule has 4 heteroatoms. The van der Waals surface area contributed by atoms with Crippen molar-refractivity contribution in [3.05, 3.63) is 24.2 Å². The van der Waals surface area contributed by atoms with Crippen molar-refractivity contribution in [2.75, 3.05) is 13.1 Å². The summed E-state index contributed by atoms with van der Waals surface area (Å²) in [6, 6.07) is 4.36. The summed E-state index contributed by atoms with van der Waals surface area (Å²) in [6.07, 6.45) is 6.11. The summed E-state index contributed by atoms with van der Waals surface area (Å²) in [7, 11) is 0. The first kappa shape index (κ1) is 14.1. The van der Waals surface area contributed by atoms with E-state index >= 15 is 0 Å². The summed E-state index contributed by atoms with van der Waals surface area (Å²) in [5.41, 5.74) is 0. The van der Waals surface area contributed by atoms with Crippen molar-refractivity contribution < 1.29 is 14.3 Å². The summed E-state index contributed by atoms with van der Waals surface area (Å²) in [5, 5.41) is 8.72. The minimum Gasteiger partial charge on any atom is -0.481 e. The predicted octanol–water partition coefficient (Wildman–Crippen LogP) is 3.31. The topological polar surface area (TPSA) is 53.7 Å². The Hall–Kier alpha value is -1.29. The lowest BCUT2D eigenvalue weighted by molar-refractivity contribution is -0.137. The molecule has 0 spiro atoms. The molecule has 0 aliphatic carbocycles. The number of carboxylic acids is 1. The average Bonchev–Trinajstić information content (AvgIpc) is 2.92. The molecule has 0 bridgehead atoms. The standard InChI is InChI=1S/C15H23NO3/c1-2-13(14-4-3-11-19-14)16-9-7-12(8-10-16)5-6-15(17)18/h3-4,11-13H,2,5-10H2,1H3,(H,17,18). The Morgan fingerprint density at radius 2 is 2.26 bits per heavy atom. The molecule has 106 valence electrons. The molecule has 2 heterocycles. The second-order valence-electron chi connectivity index (χ2n) is 5.35. The van der Waals surface area contributed by atoms with E-state index in [9.17, 15) is 4.79 Å². The number of furan rings is 1. The Morgan fingerprint density at radius 3 is 2.79 bits per heavy atom. The minimum absolute atomic E-state index is 0.306. The number of rotatable bonds is 6. The Kier molecular flexibility index (Phi) is 5.02. The lowest BCUT2D eigenvalue weighted by Crippen LogP contribution is -2.36. The van der Waals surface area contributed by atoms with Gasteiger partial charge in [-0.3, -0.25) is 9.69 Å². The zero-order valence-corrected chi connectivity index (χ0v) is 11.5. The van der Waals surface area contributed by atoms with E-state index in [1.54, 1.807) is 6.26 Å². The van der Waals surface area contributed by atoms with Crippen LogP contribution < -0.4 is 0 Å². The van der Waals surface area contributed by atoms with Crippen LogP contribution in [-0.4, -0.2) is 29.1 Å². The molecule has 1 saturated heterocycles. The molecule has 0 saturated carbocycles. The third-order valence-electron chi connectivity index (χ3n) is 4.11. The van der Waals surface area contributed by atoms with E-state index in [0.29, 0.717) is 18.4 Å². The van der Waals surface area contributed by atoms with Crippen LogP contribution in [0.5, 0.6) is 0 Å². The Morgan fingerprint density at radius 1 is 1.53 bits per heavy atom. The first-order chi connectivity index (χ1) is 9.20. The second-order valence-corrected chi connectivity index (χ2v) is 5.35. The maximum absolute atomic E-state index is 10.6. The van der Waals surface area contributed by atoms with Crippen molar-refractivity contribution in [3.63, 3.8) is 0 Å². The van der Waals surface area contributed by atoms with Crippen LogP contribution in [0.1, 0.15) is 50.8 Å². The molecule has 2 rings (SSSR count). The van der Waals surface area contributed by atoms with Gasteiger partial charge >= 0.3 is 5.97 Å². The average molecular weight is 265 g/mol. The highest BCUT2D eigenvalue weighted by Crippen LogP contribution is 2.30. The summed E-state index contributed by atoms with van der Waals surface area (Å²) in [4.78, 5) is 13.1. The Labute approximate surface area is 114 Å². The smallest absolute Gasteiger partial charge is 0.303 e. The molecule has 1 aromatic rings. The van der Waals surface area contributed by atoms with Gasteiger partial charge in [-0.2, -0.15) is 0 Å². The predicted molar refractivity (Wildman–Crippen MR) is 72.9 cm³/mol. The molecule has 4 nitrogen and oxygen atoms in total. The van der Waals surface area contributed by atoms with Gasteiger partial charge in [0, 0.05) is 6.42 Å². The van der Waals surface area contributed by atoms with Gasteiger partial charge in [0.05, 0.1) is 12.3 Å². The molecule has 1 aromatic heterocycles. The molecule has 1 N–H and O–H groups in total. The molecule has 0 aromatic carbocycles. The van der Waals surface area contributed by atoms with Crippen LogP contribution >= 0.6 is 0 Å². The van der Waals surface area contributed by atoms with Crippen LogP contribution in [-0.2, 0) is 4.79 Å². The van der Waals surface area contributed by atoms with E-state index < -0.39 is 5.97 Å². The van der Waals surface area contributed by atoms with Gasteiger partial charge in [-0.05, 0) is 56.8 Å². The fourth-order valence-corrected chi connectivity index (χ4v) is 3.00. The van der Waals surface area contributed by atoms with Gasteiger partial charge in [0.2, 0.25) is 0 Å². The third kappa shape index (κ3) is 3.83. The highest BCUT2D eigenvalue weighted by atomic mass is 16.4. The van der Waals surface area contributed by atoms with Crippen LogP contribution in [0.2, 0.25) is 0 Å². The van der Waals surface area contributed by atoms with Gasteiger partial charge in [0.25, 0.3) is 0 Å². The fourth-order valence-electron chi connectivity index (χ4n) is 3.00. The monoisotopic (exact) mass is 265 g/mol. The van der Waals surface area contributed by atoms with Gasteiger partial charge in [-0.1, -0.05) is 6.92 Å². The first-order valence-electron chi connectivity index (χ1n) is 7.20. The molecule has 0 radical (unpaired) electrons. The van der Waals surface area contributed by atoms with Crippen molar-refractivity contribution in [2.24, 2.45) is 5.92 Å². The maximum atomic E-state index is 10.6. The van der Waals surface area contributed by atoms with E-state index in [0.717, 1.165) is 44.5 Å². The molecular weight excluding hydrogens is 242 g/mol. The number of carbonyl (C=O) groups is 1. The number of likely N-dealkylation sites (tertiary alicyclic amines) is 1. The molecular formula is C15H23NO3. The zero-order valence-electron chi connectivity index (χ0n) is 11.5. The van der Waals surface area contributed by atoms with Crippen molar-refractivity contribution in [2.45, 2.75) is 45.1 Å². The number of piperidine rings is 1. The molecule has 0 amide bonds. The highest BCUT2D eigenvalue weighted by Gasteiger charge is 2.26. The van der Waals surface area contributed by atoms with Crippen LogP contribution in [0, 0.1) is 5.92 Å². The fraction of sp³-hybridized carbons (Fsp3) is 0.667. The Bertz CT molecular complexity index is 380. The first-order valence-corrected chi connectivity index (χ1v) is 7.20. The van der Waals surface area contributed by atoms with Gasteiger partial charge in [0.15, 0.2) is 0 Å². The third-order valence-corrected chi connectivity index (χ3v) is 4.11. The quantitative estimate of drug-likeness (QED) is 0.857. The normalized spacial score (nSPS) is 19.4. The number of carboxylic acid groups (broad SMARTS) is 1. The van der Waals surface area contributed by atoms with Gasteiger partial charge in [-0.25, -0.2) is 0 Å². The molecule has 19 heavy (non-hydrogen) atoms. The Balaban J connectivity index is 1.83. The van der Waals surface area contributed by atoms with Crippen LogP contribution in [0.25, 0.3) is 0 Å². The molecule has 1 aliphatic rings. The van der Waals surface area contributed by atoms with E-state index in [1.807, 2.05) is 12.1 Å². The van der Waals surface area contributed by atoms with Crippen molar-refractivity contribution in [3.8, 4) is 0 Å². The number of nitrogens with zero attached hydrogens (tertiary/aromatic N) is 1. The van der Waals surface area contributed by atoms with Crippen LogP contribution in [0.15, 0.2) is 22.8 Å². The van der Waals surface area contributed by atoms with Crippen molar-refractivity contribution in [1.82, 2.24) is 4.90 Å². The molecule has 1 atom stereocenters. The van der Waals surface area contributed by atoms with Crippen molar-refractivity contribution >= 4 is 5.97 Å². The summed E-state index contributed by atoms with van der Waals surface area (Å²) in [6.45, 7) is 4.27. The van der Waals surface area contributed by atoms with Gasteiger partial charge in [0.1, 0.15) is 5.76 Å². The van der Waals surface area contributed by atoms with E-state index in [2.05, 4.69) is 11.8 Å². The SMILES string of the molecule is CCC(c1ccco1)N1CCC(CCC(=O)O)CC1. The molecule has 1 fully saturated rings. The second kappa shape index (κ2) is 6.75. The lowest BCUT2D eigenvalue weighted by atomic mass is 9.91. The number of aliphatic carboxylic acids is 1. The highest BCUT2D eigenvalue weighted by molar-refractivity contribution is 5.66. The summed E-state index contributed by atoms with van der Waals surface area (Å²) >= 11 is 0. The lowest BCUT2D eigenvalue weighted by Gasteiger charge is -2.36. The summed E-state index contributed by atoms with van der Waals surface area (Å²) in [5.74, 6) is 0.942. The van der Waals surface area contributed by atoms with E-state index in [-0.39, 0.29) is 0 Å². The largest absolute Gasteiger partial charge is 0.481 e. The van der Waals surface area contributed by atoms with E-state index in [4.69, 9.17) is 9.52 Å².